The first kappa shape index (κ1) is 14.0. The fourth-order valence-electron chi connectivity index (χ4n) is 1.97. The summed E-state index contributed by atoms with van der Waals surface area (Å²) >= 11 is 0. The number of carbonyl (C=O) groups is 1. The maximum Gasteiger partial charge on any atom is 0.343 e. The maximum atomic E-state index is 14.0. The van der Waals surface area contributed by atoms with Gasteiger partial charge < -0.3 is 14.5 Å². The Morgan fingerprint density at radius 1 is 1.35 bits per heavy atom. The van der Waals surface area contributed by atoms with E-state index in [1.54, 1.807) is 0 Å². The molecule has 0 spiro atoms. The minimum atomic E-state index is -0.718. The average Bonchev–Trinajstić information content (AvgIpc) is 2.78. The van der Waals surface area contributed by atoms with Crippen LogP contribution < -0.4 is 4.74 Å². The lowest BCUT2D eigenvalue weighted by molar-refractivity contribution is 0.0597. The van der Waals surface area contributed by atoms with Crippen molar-refractivity contribution >= 4 is 11.5 Å². The van der Waals surface area contributed by atoms with Gasteiger partial charge in [0.05, 0.1) is 19.9 Å². The second kappa shape index (κ2) is 5.73. The number of hydrogen-bond acceptors (Lipinski definition) is 3. The van der Waals surface area contributed by atoms with E-state index >= 15 is 0 Å². The van der Waals surface area contributed by atoms with Crippen molar-refractivity contribution in [2.24, 2.45) is 0 Å². The Morgan fingerprint density at radius 2 is 2.10 bits per heavy atom. The Kier molecular flexibility index (Phi) is 4.02. The summed E-state index contributed by atoms with van der Waals surface area (Å²) in [5, 5.41) is 0. The number of hydrogen-bond donors (Lipinski definition) is 1. The molecule has 0 fully saturated rings. The summed E-state index contributed by atoms with van der Waals surface area (Å²) in [7, 11) is 2.60. The Bertz CT molecular complexity index is 626. The predicted octanol–water partition coefficient (Wildman–Crippen LogP) is 3.30. The van der Waals surface area contributed by atoms with Crippen molar-refractivity contribution in [3.8, 4) is 5.75 Å². The van der Waals surface area contributed by atoms with Gasteiger partial charge in [-0.2, -0.15) is 0 Å². The fourth-order valence-corrected chi connectivity index (χ4v) is 1.97. The van der Waals surface area contributed by atoms with E-state index in [1.807, 2.05) is 0 Å². The zero-order valence-electron chi connectivity index (χ0n) is 11.0. The number of rotatable bonds is 3. The molecule has 0 saturated carbocycles. The molecule has 20 heavy (non-hydrogen) atoms. The number of allylic oxidation sites excluding steroid dienone is 6. The van der Waals surface area contributed by atoms with E-state index in [4.69, 9.17) is 4.74 Å². The molecule has 0 unspecified atom stereocenters. The topological polar surface area (TPSA) is 51.3 Å². The number of H-pyrrole nitrogens is 1. The highest BCUT2D eigenvalue weighted by atomic mass is 19.1. The number of nitrogens with one attached hydrogen (secondary N) is 1. The third kappa shape index (κ3) is 2.49. The molecule has 0 aliphatic heterocycles. The molecule has 0 aromatic carbocycles. The Balaban J connectivity index is 2.53. The first-order valence-electron chi connectivity index (χ1n) is 5.85. The summed E-state index contributed by atoms with van der Waals surface area (Å²) in [6, 6.07) is 0. The normalized spacial score (nSPS) is 14.9. The summed E-state index contributed by atoms with van der Waals surface area (Å²) in [6.07, 6.45) is 5.01. The fraction of sp³-hybridized carbons (Fsp3) is 0.214. The molecule has 0 amide bonds. The van der Waals surface area contributed by atoms with Gasteiger partial charge >= 0.3 is 5.97 Å². The molecule has 6 heteroatoms. The lowest BCUT2D eigenvalue weighted by atomic mass is 10.1. The van der Waals surface area contributed by atoms with Crippen LogP contribution in [0.15, 0.2) is 36.1 Å². The van der Waals surface area contributed by atoms with Gasteiger partial charge in [-0.15, -0.1) is 0 Å². The van der Waals surface area contributed by atoms with Gasteiger partial charge in [0.2, 0.25) is 0 Å². The highest BCUT2D eigenvalue weighted by Crippen LogP contribution is 2.35. The first-order valence-corrected chi connectivity index (χ1v) is 5.85. The number of aromatic nitrogens is 1. The van der Waals surface area contributed by atoms with Crippen LogP contribution in [-0.4, -0.2) is 25.2 Å². The van der Waals surface area contributed by atoms with Crippen molar-refractivity contribution in [1.82, 2.24) is 4.98 Å². The lowest BCUT2D eigenvalue weighted by Gasteiger charge is -2.07. The molecule has 1 aromatic heterocycles. The largest absolute Gasteiger partial charge is 0.494 e. The first-order chi connectivity index (χ1) is 9.58. The smallest absolute Gasteiger partial charge is 0.343 e. The van der Waals surface area contributed by atoms with Crippen molar-refractivity contribution in [2.75, 3.05) is 14.2 Å². The van der Waals surface area contributed by atoms with Crippen LogP contribution >= 0.6 is 0 Å². The summed E-state index contributed by atoms with van der Waals surface area (Å²) < 4.78 is 36.9. The van der Waals surface area contributed by atoms with E-state index < -0.39 is 17.6 Å². The molecular weight excluding hydrogens is 268 g/mol. The summed E-state index contributed by atoms with van der Waals surface area (Å²) in [4.78, 5) is 14.3. The second-order valence-corrected chi connectivity index (χ2v) is 4.06. The van der Waals surface area contributed by atoms with Crippen LogP contribution in [0.4, 0.5) is 8.78 Å². The summed E-state index contributed by atoms with van der Waals surface area (Å²) in [5.41, 5.74) is 0.657. The van der Waals surface area contributed by atoms with Gasteiger partial charge in [-0.1, -0.05) is 6.08 Å². The molecule has 0 bridgehead atoms. The predicted molar refractivity (Wildman–Crippen MR) is 69.7 cm³/mol. The Hall–Kier alpha value is -2.37. The monoisotopic (exact) mass is 281 g/mol. The van der Waals surface area contributed by atoms with E-state index in [0.717, 1.165) is 6.08 Å². The van der Waals surface area contributed by atoms with Crippen molar-refractivity contribution in [3.63, 3.8) is 0 Å². The maximum absolute atomic E-state index is 14.0. The molecule has 1 heterocycles. The molecule has 0 atom stereocenters. The van der Waals surface area contributed by atoms with Crippen LogP contribution in [0, 0.1) is 0 Å². The van der Waals surface area contributed by atoms with Crippen molar-refractivity contribution in [1.29, 1.82) is 0 Å². The summed E-state index contributed by atoms with van der Waals surface area (Å²) in [6.45, 7) is 0. The lowest BCUT2D eigenvalue weighted by Crippen LogP contribution is -2.02. The minimum absolute atomic E-state index is 0.156. The molecule has 1 aromatic rings. The van der Waals surface area contributed by atoms with Gasteiger partial charge in [-0.25, -0.2) is 13.6 Å². The molecule has 1 aliphatic carbocycles. The average molecular weight is 281 g/mol. The van der Waals surface area contributed by atoms with E-state index in [2.05, 4.69) is 9.72 Å². The van der Waals surface area contributed by atoms with Crippen molar-refractivity contribution in [2.45, 2.75) is 6.42 Å². The van der Waals surface area contributed by atoms with Crippen LogP contribution in [0.25, 0.3) is 5.57 Å². The zero-order valence-corrected chi connectivity index (χ0v) is 11.0. The number of esters is 1. The SMILES string of the molecule is COC(=O)c1c[nH]c(C2=C(F)C=C(F)C=CC2)c1OC. The number of halogens is 2. The quantitative estimate of drug-likeness (QED) is 0.865. The molecule has 0 saturated heterocycles. The Morgan fingerprint density at radius 3 is 2.75 bits per heavy atom. The molecule has 2 rings (SSSR count). The standard InChI is InChI=1S/C14H13F2NO3/c1-19-13-10(14(18)20-2)7-17-12(13)9-5-3-4-8(15)6-11(9)16/h3-4,6-7,17H,5H2,1-2H3. The van der Waals surface area contributed by atoms with Crippen LogP contribution in [0.5, 0.6) is 5.75 Å². The van der Waals surface area contributed by atoms with Crippen LogP contribution in [-0.2, 0) is 4.74 Å². The highest BCUT2D eigenvalue weighted by molar-refractivity contribution is 5.95. The Labute approximate surface area is 114 Å². The van der Waals surface area contributed by atoms with E-state index in [1.165, 1.54) is 32.6 Å². The third-order valence-corrected chi connectivity index (χ3v) is 2.90. The number of carbonyl (C=O) groups excluding carboxylic acids is 1. The van der Waals surface area contributed by atoms with Crippen molar-refractivity contribution in [3.05, 3.63) is 47.3 Å². The zero-order chi connectivity index (χ0) is 14.7. The van der Waals surface area contributed by atoms with Gasteiger partial charge in [0.25, 0.3) is 0 Å². The van der Waals surface area contributed by atoms with Gasteiger partial charge in [0, 0.05) is 17.8 Å². The number of ether oxygens (including phenoxy) is 2. The van der Waals surface area contributed by atoms with Gasteiger partial charge in [0.15, 0.2) is 5.75 Å². The highest BCUT2D eigenvalue weighted by Gasteiger charge is 2.23. The molecular formula is C14H13F2NO3. The van der Waals surface area contributed by atoms with E-state index in [0.29, 0.717) is 5.69 Å². The molecule has 106 valence electrons. The molecule has 4 nitrogen and oxygen atoms in total. The molecule has 1 aliphatic rings. The minimum Gasteiger partial charge on any atom is -0.494 e. The number of methoxy groups -OCH3 is 2. The van der Waals surface area contributed by atoms with Gasteiger partial charge in [-0.3, -0.25) is 0 Å². The summed E-state index contributed by atoms with van der Waals surface area (Å²) in [5.74, 6) is -1.82. The van der Waals surface area contributed by atoms with Gasteiger partial charge in [-0.05, 0) is 12.5 Å². The molecule has 1 N–H and O–H groups in total. The molecule has 0 radical (unpaired) electrons. The number of aromatic amines is 1. The van der Waals surface area contributed by atoms with Crippen LogP contribution in [0.3, 0.4) is 0 Å². The second-order valence-electron chi connectivity index (χ2n) is 4.06. The van der Waals surface area contributed by atoms with Gasteiger partial charge in [0.1, 0.15) is 17.2 Å². The third-order valence-electron chi connectivity index (χ3n) is 2.90. The van der Waals surface area contributed by atoms with E-state index in [-0.39, 0.29) is 23.3 Å². The van der Waals surface area contributed by atoms with Crippen LogP contribution in [0.2, 0.25) is 0 Å². The van der Waals surface area contributed by atoms with Crippen LogP contribution in [0.1, 0.15) is 22.5 Å². The van der Waals surface area contributed by atoms with Crippen molar-refractivity contribution < 1.29 is 23.0 Å². The van der Waals surface area contributed by atoms with E-state index in [9.17, 15) is 13.6 Å².